The Labute approximate surface area is 159 Å². The molecule has 0 spiro atoms. The average Bonchev–Trinajstić information content (AvgIpc) is 3.43. The molecule has 26 heavy (non-hydrogen) atoms. The summed E-state index contributed by atoms with van der Waals surface area (Å²) in [6.45, 7) is 2.66. The third-order valence-electron chi connectivity index (χ3n) is 5.17. The van der Waals surface area contributed by atoms with Crippen LogP contribution >= 0.6 is 0 Å². The molecule has 146 valence electrons. The summed E-state index contributed by atoms with van der Waals surface area (Å²) in [6, 6.07) is 9.14. The van der Waals surface area contributed by atoms with Gasteiger partial charge in [0.1, 0.15) is 12.7 Å². The van der Waals surface area contributed by atoms with Crippen LogP contribution in [0.25, 0.3) is 0 Å². The summed E-state index contributed by atoms with van der Waals surface area (Å²) >= 11 is 0. The van der Waals surface area contributed by atoms with E-state index in [2.05, 4.69) is 6.92 Å². The predicted molar refractivity (Wildman–Crippen MR) is 106 cm³/mol. The summed E-state index contributed by atoms with van der Waals surface area (Å²) < 4.78 is 10.9. The molecule has 3 nitrogen and oxygen atoms in total. The minimum absolute atomic E-state index is 0.116. The molecule has 1 aromatic carbocycles. The molecule has 1 heterocycles. The molecule has 0 aromatic heterocycles. The molecule has 0 radical (unpaired) electrons. The molecule has 2 unspecified atom stereocenters. The number of hydrogen-bond acceptors (Lipinski definition) is 3. The number of carbonyl (C=O) groups is 1. The Morgan fingerprint density at radius 1 is 0.846 bits per heavy atom. The predicted octanol–water partition coefficient (Wildman–Crippen LogP) is 6.31. The maximum absolute atomic E-state index is 11.9. The molecule has 0 aliphatic carbocycles. The van der Waals surface area contributed by atoms with Crippen molar-refractivity contribution in [2.24, 2.45) is 0 Å². The fourth-order valence-electron chi connectivity index (χ4n) is 3.40. The molecule has 1 aliphatic heterocycles. The Morgan fingerprint density at radius 2 is 1.42 bits per heavy atom. The van der Waals surface area contributed by atoms with E-state index in [0.717, 1.165) is 6.42 Å². The lowest BCUT2D eigenvalue weighted by atomic mass is 10.0. The van der Waals surface area contributed by atoms with Crippen molar-refractivity contribution in [1.82, 2.24) is 0 Å². The van der Waals surface area contributed by atoms with Crippen molar-refractivity contribution < 1.29 is 14.3 Å². The van der Waals surface area contributed by atoms with E-state index in [9.17, 15) is 4.79 Å². The van der Waals surface area contributed by atoms with Crippen LogP contribution in [0.4, 0.5) is 0 Å². The number of benzene rings is 1. The Bertz CT molecular complexity index is 485. The largest absolute Gasteiger partial charge is 0.459 e. The number of ether oxygens (including phenoxy) is 2. The van der Waals surface area contributed by atoms with Crippen LogP contribution in [-0.4, -0.2) is 24.8 Å². The van der Waals surface area contributed by atoms with Gasteiger partial charge in [-0.3, -0.25) is 0 Å². The van der Waals surface area contributed by atoms with Crippen LogP contribution in [0.5, 0.6) is 0 Å². The van der Waals surface area contributed by atoms with Gasteiger partial charge in [0.05, 0.1) is 11.7 Å². The molecule has 3 heteroatoms. The third-order valence-corrected chi connectivity index (χ3v) is 5.17. The molecular formula is C23H36O3. The summed E-state index contributed by atoms with van der Waals surface area (Å²) in [7, 11) is 0. The average molecular weight is 361 g/mol. The number of hydrogen-bond donors (Lipinski definition) is 0. The van der Waals surface area contributed by atoms with E-state index in [1.807, 2.05) is 18.2 Å². The van der Waals surface area contributed by atoms with E-state index >= 15 is 0 Å². The molecule has 0 N–H and O–H groups in total. The Kier molecular flexibility index (Phi) is 10.4. The van der Waals surface area contributed by atoms with Crippen molar-refractivity contribution in [3.8, 4) is 0 Å². The van der Waals surface area contributed by atoms with Gasteiger partial charge in [0.25, 0.3) is 0 Å². The Morgan fingerprint density at radius 3 is 2.04 bits per heavy atom. The number of unbranched alkanes of at least 4 members (excludes halogenated alkanes) is 10. The molecule has 1 saturated heterocycles. The molecule has 2 rings (SSSR count). The zero-order valence-corrected chi connectivity index (χ0v) is 16.5. The van der Waals surface area contributed by atoms with Crippen LogP contribution in [0, 0.1) is 0 Å². The number of rotatable bonds is 15. The van der Waals surface area contributed by atoms with Crippen molar-refractivity contribution >= 4 is 5.97 Å². The number of carbonyl (C=O) groups excluding carboxylic acids is 1. The molecule has 0 saturated carbocycles. The normalized spacial score (nSPS) is 18.7. The van der Waals surface area contributed by atoms with E-state index in [1.54, 1.807) is 12.1 Å². The Balaban J connectivity index is 1.37. The summed E-state index contributed by atoms with van der Waals surface area (Å²) in [6.07, 6.45) is 16.5. The quantitative estimate of drug-likeness (QED) is 0.209. The second kappa shape index (κ2) is 12.9. The molecule has 1 aliphatic rings. The van der Waals surface area contributed by atoms with E-state index in [4.69, 9.17) is 9.47 Å². The van der Waals surface area contributed by atoms with Gasteiger partial charge < -0.3 is 9.47 Å². The zero-order valence-electron chi connectivity index (χ0n) is 16.5. The number of esters is 1. The van der Waals surface area contributed by atoms with Gasteiger partial charge in [-0.05, 0) is 18.6 Å². The third kappa shape index (κ3) is 8.84. The lowest BCUT2D eigenvalue weighted by Gasteiger charge is -2.03. The van der Waals surface area contributed by atoms with Crippen LogP contribution in [0.15, 0.2) is 30.3 Å². The maximum Gasteiger partial charge on any atom is 0.338 e. The van der Waals surface area contributed by atoms with E-state index < -0.39 is 0 Å². The minimum Gasteiger partial charge on any atom is -0.459 e. The van der Waals surface area contributed by atoms with Crippen LogP contribution in [-0.2, 0) is 9.47 Å². The highest BCUT2D eigenvalue weighted by Gasteiger charge is 2.39. The van der Waals surface area contributed by atoms with Gasteiger partial charge in [-0.25, -0.2) is 4.79 Å². The second-order valence-corrected chi connectivity index (χ2v) is 7.50. The van der Waals surface area contributed by atoms with Gasteiger partial charge in [0.15, 0.2) is 0 Å². The monoisotopic (exact) mass is 360 g/mol. The minimum atomic E-state index is -0.255. The summed E-state index contributed by atoms with van der Waals surface area (Å²) in [5, 5.41) is 0. The highest BCUT2D eigenvalue weighted by molar-refractivity contribution is 5.89. The maximum atomic E-state index is 11.9. The smallest absolute Gasteiger partial charge is 0.338 e. The first-order chi connectivity index (χ1) is 12.8. The lowest BCUT2D eigenvalue weighted by molar-refractivity contribution is 0.0476. The van der Waals surface area contributed by atoms with Crippen molar-refractivity contribution in [1.29, 1.82) is 0 Å². The zero-order chi connectivity index (χ0) is 18.5. The standard InChI is InChI=1S/C23H36O3/c1-2-3-4-5-6-7-8-9-10-11-15-18-21-22(26-21)19-25-23(24)20-16-13-12-14-17-20/h12-14,16-17,21-22H,2-11,15,18-19H2,1H3. The molecule has 0 amide bonds. The Hall–Kier alpha value is -1.35. The topological polar surface area (TPSA) is 38.8 Å². The summed E-state index contributed by atoms with van der Waals surface area (Å²) in [5.74, 6) is -0.255. The van der Waals surface area contributed by atoms with Gasteiger partial charge in [0, 0.05) is 0 Å². The van der Waals surface area contributed by atoms with Crippen LogP contribution in [0.1, 0.15) is 94.3 Å². The highest BCUT2D eigenvalue weighted by atomic mass is 16.6. The van der Waals surface area contributed by atoms with Crippen LogP contribution in [0.2, 0.25) is 0 Å². The van der Waals surface area contributed by atoms with Crippen LogP contribution < -0.4 is 0 Å². The van der Waals surface area contributed by atoms with Gasteiger partial charge in [-0.1, -0.05) is 95.8 Å². The SMILES string of the molecule is CCCCCCCCCCCCCC1OC1COC(=O)c1ccccc1. The molecule has 0 bridgehead atoms. The fourth-order valence-corrected chi connectivity index (χ4v) is 3.40. The number of epoxide rings is 1. The van der Waals surface area contributed by atoms with Crippen molar-refractivity contribution in [3.05, 3.63) is 35.9 Å². The highest BCUT2D eigenvalue weighted by Crippen LogP contribution is 2.28. The van der Waals surface area contributed by atoms with E-state index in [-0.39, 0.29) is 12.1 Å². The van der Waals surface area contributed by atoms with Gasteiger partial charge in [-0.2, -0.15) is 0 Å². The second-order valence-electron chi connectivity index (χ2n) is 7.50. The van der Waals surface area contributed by atoms with Crippen LogP contribution in [0.3, 0.4) is 0 Å². The lowest BCUT2D eigenvalue weighted by Crippen LogP contribution is -2.11. The summed E-state index contributed by atoms with van der Waals surface area (Å²) in [5.41, 5.74) is 0.607. The first-order valence-electron chi connectivity index (χ1n) is 10.7. The molecule has 1 aromatic rings. The first-order valence-corrected chi connectivity index (χ1v) is 10.7. The van der Waals surface area contributed by atoms with Crippen molar-refractivity contribution in [2.75, 3.05) is 6.61 Å². The van der Waals surface area contributed by atoms with E-state index in [1.165, 1.54) is 70.6 Å². The van der Waals surface area contributed by atoms with Gasteiger partial charge >= 0.3 is 5.97 Å². The van der Waals surface area contributed by atoms with Crippen molar-refractivity contribution in [3.63, 3.8) is 0 Å². The van der Waals surface area contributed by atoms with Gasteiger partial charge in [-0.15, -0.1) is 0 Å². The molecular weight excluding hydrogens is 324 g/mol. The first kappa shape index (κ1) is 21.0. The fraction of sp³-hybridized carbons (Fsp3) is 0.696. The van der Waals surface area contributed by atoms with E-state index in [0.29, 0.717) is 18.3 Å². The van der Waals surface area contributed by atoms with Gasteiger partial charge in [0.2, 0.25) is 0 Å². The van der Waals surface area contributed by atoms with Crippen molar-refractivity contribution in [2.45, 2.75) is 96.2 Å². The molecule has 1 fully saturated rings. The summed E-state index contributed by atoms with van der Waals surface area (Å²) in [4.78, 5) is 11.9. The molecule has 2 atom stereocenters.